The summed E-state index contributed by atoms with van der Waals surface area (Å²) in [7, 11) is 0. The van der Waals surface area contributed by atoms with Crippen LogP contribution in [0.25, 0.3) is 0 Å². The fraction of sp³-hybridized carbons (Fsp3) is 0.550. The molecule has 0 spiro atoms. The van der Waals surface area contributed by atoms with Gasteiger partial charge in [0.15, 0.2) is 6.61 Å². The molecule has 142 valence electrons. The third-order valence-electron chi connectivity index (χ3n) is 4.73. The van der Waals surface area contributed by atoms with Crippen LogP contribution in [0.2, 0.25) is 0 Å². The molecule has 1 heterocycles. The Hall–Kier alpha value is -2.37. The highest BCUT2D eigenvalue weighted by molar-refractivity contribution is 5.93. The van der Waals surface area contributed by atoms with Crippen molar-refractivity contribution in [3.8, 4) is 0 Å². The van der Waals surface area contributed by atoms with E-state index >= 15 is 0 Å². The number of carbonyl (C=O) groups is 3. The molecule has 1 aliphatic heterocycles. The largest absolute Gasteiger partial charge is 0.454 e. The zero-order valence-corrected chi connectivity index (χ0v) is 15.6. The van der Waals surface area contributed by atoms with E-state index < -0.39 is 11.9 Å². The topological polar surface area (TPSA) is 75.7 Å². The van der Waals surface area contributed by atoms with Gasteiger partial charge in [-0.05, 0) is 42.9 Å². The number of nitrogens with zero attached hydrogens (tertiary/aromatic N) is 1. The lowest BCUT2D eigenvalue weighted by Gasteiger charge is -2.19. The molecule has 2 amide bonds. The van der Waals surface area contributed by atoms with Crippen LogP contribution in [0, 0.1) is 0 Å². The average Bonchev–Trinajstić information content (AvgIpc) is 2.84. The van der Waals surface area contributed by atoms with Gasteiger partial charge in [-0.1, -0.05) is 32.4 Å². The number of esters is 1. The first-order chi connectivity index (χ1) is 12.5. The van der Waals surface area contributed by atoms with E-state index in [-0.39, 0.29) is 19.1 Å². The van der Waals surface area contributed by atoms with Crippen molar-refractivity contribution in [2.75, 3.05) is 25.0 Å². The first-order valence-electron chi connectivity index (χ1n) is 9.32. The number of ether oxygens (including phenoxy) is 1. The highest BCUT2D eigenvalue weighted by Gasteiger charge is 2.20. The van der Waals surface area contributed by atoms with E-state index in [4.69, 9.17) is 4.74 Å². The molecule has 1 fully saturated rings. The predicted molar refractivity (Wildman–Crippen MR) is 99.8 cm³/mol. The minimum Gasteiger partial charge on any atom is -0.454 e. The minimum atomic E-state index is -0.553. The highest BCUT2D eigenvalue weighted by atomic mass is 16.5. The molecular formula is C20H28N2O4. The first kappa shape index (κ1) is 19.9. The molecule has 0 bridgehead atoms. The predicted octanol–water partition coefficient (Wildman–Crippen LogP) is 3.08. The van der Waals surface area contributed by atoms with Crippen LogP contribution >= 0.6 is 0 Å². The van der Waals surface area contributed by atoms with E-state index in [0.29, 0.717) is 24.6 Å². The van der Waals surface area contributed by atoms with Crippen LogP contribution in [0.4, 0.5) is 5.69 Å². The van der Waals surface area contributed by atoms with Crippen LogP contribution in [0.1, 0.15) is 57.4 Å². The number of hydrogen-bond donors (Lipinski definition) is 1. The van der Waals surface area contributed by atoms with Gasteiger partial charge in [0.25, 0.3) is 5.91 Å². The highest BCUT2D eigenvalue weighted by Crippen LogP contribution is 2.20. The van der Waals surface area contributed by atoms with E-state index in [1.165, 1.54) is 10.5 Å². The first-order valence-corrected chi connectivity index (χ1v) is 9.32. The van der Waals surface area contributed by atoms with Gasteiger partial charge in [-0.15, -0.1) is 0 Å². The van der Waals surface area contributed by atoms with Gasteiger partial charge in [-0.3, -0.25) is 14.4 Å². The number of anilines is 1. The van der Waals surface area contributed by atoms with E-state index in [0.717, 1.165) is 25.7 Å². The van der Waals surface area contributed by atoms with Crippen molar-refractivity contribution in [3.05, 3.63) is 29.8 Å². The molecule has 2 rings (SSSR count). The quantitative estimate of drug-likeness (QED) is 0.758. The molecule has 0 aromatic heterocycles. The molecule has 6 nitrogen and oxygen atoms in total. The van der Waals surface area contributed by atoms with Gasteiger partial charge in [0.2, 0.25) is 5.91 Å². The maximum atomic E-state index is 11.9. The number of carbonyl (C=O) groups excluding carboxylic acids is 3. The number of nitrogens with one attached hydrogen (secondary N) is 1. The molecule has 0 aliphatic carbocycles. The normalized spacial score (nSPS) is 15.9. The van der Waals surface area contributed by atoms with Crippen molar-refractivity contribution in [2.45, 2.75) is 51.9 Å². The summed E-state index contributed by atoms with van der Waals surface area (Å²) in [6.07, 6.45) is 4.28. The summed E-state index contributed by atoms with van der Waals surface area (Å²) in [5, 5.41) is 2.71. The summed E-state index contributed by atoms with van der Waals surface area (Å²) in [6, 6.07) is 7.66. The van der Waals surface area contributed by atoms with Crippen LogP contribution in [0.15, 0.2) is 24.3 Å². The Morgan fingerprint density at radius 2 is 1.92 bits per heavy atom. The third kappa shape index (κ3) is 6.17. The van der Waals surface area contributed by atoms with E-state index in [9.17, 15) is 14.4 Å². The van der Waals surface area contributed by atoms with Gasteiger partial charge in [0.05, 0.1) is 0 Å². The third-order valence-corrected chi connectivity index (χ3v) is 4.73. The number of amides is 2. The second-order valence-electron chi connectivity index (χ2n) is 6.77. The van der Waals surface area contributed by atoms with E-state index in [2.05, 4.69) is 19.2 Å². The van der Waals surface area contributed by atoms with Crippen molar-refractivity contribution in [2.24, 2.45) is 0 Å². The van der Waals surface area contributed by atoms with Crippen LogP contribution in [-0.4, -0.2) is 42.4 Å². The van der Waals surface area contributed by atoms with Crippen LogP contribution in [-0.2, 0) is 19.1 Å². The summed E-state index contributed by atoms with van der Waals surface area (Å²) < 4.78 is 5.00. The summed E-state index contributed by atoms with van der Waals surface area (Å²) in [5.41, 5.74) is 1.89. The van der Waals surface area contributed by atoms with Gasteiger partial charge < -0.3 is 15.0 Å². The molecule has 1 aromatic carbocycles. The number of rotatable bonds is 7. The van der Waals surface area contributed by atoms with Gasteiger partial charge in [-0.2, -0.15) is 0 Å². The van der Waals surface area contributed by atoms with Gasteiger partial charge in [0.1, 0.15) is 6.54 Å². The Morgan fingerprint density at radius 3 is 2.62 bits per heavy atom. The van der Waals surface area contributed by atoms with Crippen LogP contribution < -0.4 is 5.32 Å². The number of hydrogen-bond acceptors (Lipinski definition) is 4. The summed E-state index contributed by atoms with van der Waals surface area (Å²) in [4.78, 5) is 37.2. The lowest BCUT2D eigenvalue weighted by Crippen LogP contribution is -2.36. The summed E-state index contributed by atoms with van der Waals surface area (Å²) in [6.45, 7) is 4.42. The molecule has 0 unspecified atom stereocenters. The minimum absolute atomic E-state index is 0.0229. The average molecular weight is 360 g/mol. The Morgan fingerprint density at radius 1 is 1.19 bits per heavy atom. The molecule has 1 atom stereocenters. The van der Waals surface area contributed by atoms with Crippen LogP contribution in [0.5, 0.6) is 0 Å². The van der Waals surface area contributed by atoms with Crippen molar-refractivity contribution in [3.63, 3.8) is 0 Å². The Labute approximate surface area is 154 Å². The second-order valence-corrected chi connectivity index (χ2v) is 6.77. The monoisotopic (exact) mass is 360 g/mol. The molecule has 1 saturated heterocycles. The molecule has 1 N–H and O–H groups in total. The summed E-state index contributed by atoms with van der Waals surface area (Å²) in [5.74, 6) is -0.493. The fourth-order valence-corrected chi connectivity index (χ4v) is 2.88. The SMILES string of the molecule is CC[C@H](C)c1ccc(NC(=O)COC(=O)CN2CCCCCC2=O)cc1. The Kier molecular flexibility index (Phi) is 7.63. The van der Waals surface area contributed by atoms with Gasteiger partial charge in [-0.25, -0.2) is 0 Å². The van der Waals surface area contributed by atoms with Crippen molar-refractivity contribution in [1.29, 1.82) is 0 Å². The number of likely N-dealkylation sites (tertiary alicyclic amines) is 1. The molecule has 1 aliphatic rings. The molecule has 1 aromatic rings. The molecule has 26 heavy (non-hydrogen) atoms. The molecule has 0 saturated carbocycles. The van der Waals surface area contributed by atoms with Crippen molar-refractivity contribution in [1.82, 2.24) is 4.90 Å². The van der Waals surface area contributed by atoms with Crippen LogP contribution in [0.3, 0.4) is 0 Å². The maximum absolute atomic E-state index is 11.9. The lowest BCUT2D eigenvalue weighted by molar-refractivity contribution is -0.151. The fourth-order valence-electron chi connectivity index (χ4n) is 2.88. The van der Waals surface area contributed by atoms with Gasteiger partial charge >= 0.3 is 5.97 Å². The summed E-state index contributed by atoms with van der Waals surface area (Å²) >= 11 is 0. The lowest BCUT2D eigenvalue weighted by atomic mass is 9.99. The second kappa shape index (κ2) is 9.94. The van der Waals surface area contributed by atoms with Crippen molar-refractivity contribution < 1.29 is 19.1 Å². The smallest absolute Gasteiger partial charge is 0.326 e. The number of benzene rings is 1. The van der Waals surface area contributed by atoms with E-state index in [1.807, 2.05) is 24.3 Å². The zero-order chi connectivity index (χ0) is 18.9. The molecule has 0 radical (unpaired) electrons. The Bertz CT molecular complexity index is 627. The standard InChI is InChI=1S/C20H28N2O4/c1-3-15(2)16-8-10-17(11-9-16)21-18(23)14-26-20(25)13-22-12-6-4-5-7-19(22)24/h8-11,15H,3-7,12-14H2,1-2H3,(H,21,23)/t15-/m0/s1. The Balaban J connectivity index is 1.75. The van der Waals surface area contributed by atoms with Gasteiger partial charge in [0, 0.05) is 18.7 Å². The molecule has 6 heteroatoms. The van der Waals surface area contributed by atoms with E-state index in [1.54, 1.807) is 0 Å². The molecular weight excluding hydrogens is 332 g/mol. The zero-order valence-electron chi connectivity index (χ0n) is 15.6. The van der Waals surface area contributed by atoms with Crippen molar-refractivity contribution >= 4 is 23.5 Å². The maximum Gasteiger partial charge on any atom is 0.326 e.